The Hall–Kier alpha value is -1.00. The van der Waals surface area contributed by atoms with Crippen molar-refractivity contribution in [1.29, 1.82) is 0 Å². The average Bonchev–Trinajstić information content (AvgIpc) is 2.39. The summed E-state index contributed by atoms with van der Waals surface area (Å²) in [7, 11) is 0. The van der Waals surface area contributed by atoms with Gasteiger partial charge in [0.2, 0.25) is 0 Å². The third-order valence-electron chi connectivity index (χ3n) is 2.90. The zero-order chi connectivity index (χ0) is 14.3. The Balaban J connectivity index is 2.51. The molecule has 1 aromatic rings. The van der Waals surface area contributed by atoms with Gasteiger partial charge in [0, 0.05) is 10.6 Å². The minimum Gasteiger partial charge on any atom is -0.480 e. The first kappa shape index (κ1) is 16.1. The smallest absolute Gasteiger partial charge is 0.321 e. The van der Waals surface area contributed by atoms with Gasteiger partial charge in [-0.25, -0.2) is 0 Å². The third kappa shape index (κ3) is 5.66. The summed E-state index contributed by atoms with van der Waals surface area (Å²) in [5.41, 5.74) is 1.31. The van der Waals surface area contributed by atoms with Gasteiger partial charge in [-0.2, -0.15) is 0 Å². The molecule has 0 fully saturated rings. The Morgan fingerprint density at radius 1 is 1.32 bits per heavy atom. The molecular formula is C15H23NO2S. The summed E-state index contributed by atoms with van der Waals surface area (Å²) in [5, 5.41) is 12.2. The van der Waals surface area contributed by atoms with Crippen molar-refractivity contribution in [2.45, 2.75) is 44.0 Å². The molecule has 1 atom stereocenters. The molecule has 1 rings (SSSR count). The van der Waals surface area contributed by atoms with Crippen LogP contribution in [0.4, 0.5) is 0 Å². The minimum absolute atomic E-state index is 0.477. The SMILES string of the molecule is CCCNC(CSc1ccc(C(C)C)cc1)C(=O)O. The van der Waals surface area contributed by atoms with Crippen LogP contribution >= 0.6 is 11.8 Å². The molecule has 0 spiro atoms. The van der Waals surface area contributed by atoms with Crippen LogP contribution in [0.5, 0.6) is 0 Å². The molecule has 1 aromatic carbocycles. The van der Waals surface area contributed by atoms with Crippen molar-refractivity contribution < 1.29 is 9.90 Å². The zero-order valence-corrected chi connectivity index (χ0v) is 12.7. The van der Waals surface area contributed by atoms with Crippen LogP contribution < -0.4 is 5.32 Å². The van der Waals surface area contributed by atoms with Crippen LogP contribution in [-0.4, -0.2) is 29.4 Å². The number of carboxylic acids is 1. The normalized spacial score (nSPS) is 12.6. The number of hydrogen-bond donors (Lipinski definition) is 2. The summed E-state index contributed by atoms with van der Waals surface area (Å²) >= 11 is 1.58. The maximum Gasteiger partial charge on any atom is 0.321 e. The second kappa shape index (κ2) is 8.23. The summed E-state index contributed by atoms with van der Waals surface area (Å²) in [5.74, 6) is 0.299. The second-order valence-electron chi connectivity index (χ2n) is 4.88. The fraction of sp³-hybridized carbons (Fsp3) is 0.533. The molecule has 4 heteroatoms. The number of carbonyl (C=O) groups is 1. The zero-order valence-electron chi connectivity index (χ0n) is 11.8. The topological polar surface area (TPSA) is 49.3 Å². The van der Waals surface area contributed by atoms with Gasteiger partial charge in [-0.05, 0) is 36.6 Å². The molecule has 0 radical (unpaired) electrons. The van der Waals surface area contributed by atoms with Gasteiger partial charge in [-0.1, -0.05) is 32.9 Å². The van der Waals surface area contributed by atoms with Crippen LogP contribution in [0.3, 0.4) is 0 Å². The van der Waals surface area contributed by atoms with Crippen molar-refractivity contribution >= 4 is 17.7 Å². The molecule has 0 heterocycles. The molecule has 0 aliphatic heterocycles. The van der Waals surface area contributed by atoms with E-state index in [1.165, 1.54) is 5.56 Å². The summed E-state index contributed by atoms with van der Waals surface area (Å²) in [4.78, 5) is 12.2. The monoisotopic (exact) mass is 281 g/mol. The van der Waals surface area contributed by atoms with Crippen molar-refractivity contribution in [2.75, 3.05) is 12.3 Å². The highest BCUT2D eigenvalue weighted by atomic mass is 32.2. The lowest BCUT2D eigenvalue weighted by Gasteiger charge is -2.13. The van der Waals surface area contributed by atoms with E-state index in [1.807, 2.05) is 6.92 Å². The lowest BCUT2D eigenvalue weighted by Crippen LogP contribution is -2.39. The highest BCUT2D eigenvalue weighted by Crippen LogP contribution is 2.22. The third-order valence-corrected chi connectivity index (χ3v) is 4.01. The molecule has 0 amide bonds. The highest BCUT2D eigenvalue weighted by Gasteiger charge is 2.16. The lowest BCUT2D eigenvalue weighted by atomic mass is 10.0. The van der Waals surface area contributed by atoms with Crippen molar-refractivity contribution in [3.05, 3.63) is 29.8 Å². The summed E-state index contributed by atoms with van der Waals surface area (Å²) in [6, 6.07) is 7.89. The number of hydrogen-bond acceptors (Lipinski definition) is 3. The van der Waals surface area contributed by atoms with Gasteiger partial charge in [0.25, 0.3) is 0 Å². The molecular weight excluding hydrogens is 258 g/mol. The van der Waals surface area contributed by atoms with Crippen LogP contribution in [0.25, 0.3) is 0 Å². The molecule has 0 aliphatic carbocycles. The average molecular weight is 281 g/mol. The van der Waals surface area contributed by atoms with Crippen LogP contribution in [-0.2, 0) is 4.79 Å². The molecule has 0 aliphatic rings. The molecule has 0 saturated carbocycles. The number of aliphatic carboxylic acids is 1. The predicted molar refractivity (Wildman–Crippen MR) is 81.0 cm³/mol. The predicted octanol–water partition coefficient (Wildman–Crippen LogP) is 3.35. The number of thioether (sulfide) groups is 1. The molecule has 19 heavy (non-hydrogen) atoms. The van der Waals surface area contributed by atoms with Gasteiger partial charge in [0.1, 0.15) is 6.04 Å². The Morgan fingerprint density at radius 2 is 1.95 bits per heavy atom. The minimum atomic E-state index is -0.778. The molecule has 1 unspecified atom stereocenters. The van der Waals surface area contributed by atoms with E-state index in [2.05, 4.69) is 43.4 Å². The van der Waals surface area contributed by atoms with E-state index < -0.39 is 12.0 Å². The van der Waals surface area contributed by atoms with Gasteiger partial charge < -0.3 is 10.4 Å². The molecule has 3 nitrogen and oxygen atoms in total. The first-order chi connectivity index (χ1) is 9.04. The lowest BCUT2D eigenvalue weighted by molar-refractivity contribution is -0.138. The summed E-state index contributed by atoms with van der Waals surface area (Å²) in [6.45, 7) is 7.10. The van der Waals surface area contributed by atoms with Crippen LogP contribution in [0, 0.1) is 0 Å². The Bertz CT molecular complexity index is 390. The fourth-order valence-electron chi connectivity index (χ4n) is 1.66. The van der Waals surface area contributed by atoms with E-state index in [0.29, 0.717) is 11.7 Å². The van der Waals surface area contributed by atoms with E-state index >= 15 is 0 Å². The highest BCUT2D eigenvalue weighted by molar-refractivity contribution is 7.99. The summed E-state index contributed by atoms with van der Waals surface area (Å²) < 4.78 is 0. The fourth-order valence-corrected chi connectivity index (χ4v) is 2.61. The number of benzene rings is 1. The van der Waals surface area contributed by atoms with Crippen molar-refractivity contribution in [3.8, 4) is 0 Å². The van der Waals surface area contributed by atoms with E-state index in [0.717, 1.165) is 17.9 Å². The summed E-state index contributed by atoms with van der Waals surface area (Å²) in [6.07, 6.45) is 0.942. The second-order valence-corrected chi connectivity index (χ2v) is 5.97. The van der Waals surface area contributed by atoms with Gasteiger partial charge >= 0.3 is 5.97 Å². The van der Waals surface area contributed by atoms with Crippen LogP contribution in [0.15, 0.2) is 29.2 Å². The number of nitrogens with one attached hydrogen (secondary N) is 1. The van der Waals surface area contributed by atoms with Crippen molar-refractivity contribution in [1.82, 2.24) is 5.32 Å². The Kier molecular flexibility index (Phi) is 6.95. The molecule has 0 saturated heterocycles. The number of rotatable bonds is 8. The van der Waals surface area contributed by atoms with E-state index in [4.69, 9.17) is 5.11 Å². The van der Waals surface area contributed by atoms with Gasteiger partial charge in [0.05, 0.1) is 0 Å². The van der Waals surface area contributed by atoms with E-state index in [9.17, 15) is 4.79 Å². The number of carboxylic acid groups (broad SMARTS) is 1. The van der Waals surface area contributed by atoms with Gasteiger partial charge in [-0.15, -0.1) is 11.8 Å². The molecule has 0 aromatic heterocycles. The van der Waals surface area contributed by atoms with Crippen LogP contribution in [0.1, 0.15) is 38.7 Å². The molecule has 106 valence electrons. The largest absolute Gasteiger partial charge is 0.480 e. The van der Waals surface area contributed by atoms with Crippen LogP contribution in [0.2, 0.25) is 0 Å². The van der Waals surface area contributed by atoms with Crippen molar-refractivity contribution in [2.24, 2.45) is 0 Å². The first-order valence-corrected chi connectivity index (χ1v) is 7.72. The van der Waals surface area contributed by atoms with Crippen molar-refractivity contribution in [3.63, 3.8) is 0 Å². The van der Waals surface area contributed by atoms with Gasteiger partial charge in [0.15, 0.2) is 0 Å². The van der Waals surface area contributed by atoms with E-state index in [-0.39, 0.29) is 0 Å². The maximum atomic E-state index is 11.1. The Morgan fingerprint density at radius 3 is 2.42 bits per heavy atom. The molecule has 0 bridgehead atoms. The standard InChI is InChI=1S/C15H23NO2S/c1-4-9-16-14(15(17)18)10-19-13-7-5-12(6-8-13)11(2)3/h5-8,11,14,16H,4,9-10H2,1-3H3,(H,17,18). The maximum absolute atomic E-state index is 11.1. The quantitative estimate of drug-likeness (QED) is 0.717. The Labute approximate surface area is 119 Å². The van der Waals surface area contributed by atoms with Gasteiger partial charge in [-0.3, -0.25) is 4.79 Å². The first-order valence-electron chi connectivity index (χ1n) is 6.73. The molecule has 2 N–H and O–H groups in total. The van der Waals surface area contributed by atoms with E-state index in [1.54, 1.807) is 11.8 Å².